The highest BCUT2D eigenvalue weighted by Gasteiger charge is 2.21. The second kappa shape index (κ2) is 5.58. The average molecular weight is 313 g/mol. The van der Waals surface area contributed by atoms with Crippen LogP contribution in [0.2, 0.25) is 0 Å². The summed E-state index contributed by atoms with van der Waals surface area (Å²) in [6.45, 7) is 6.84. The summed E-state index contributed by atoms with van der Waals surface area (Å²) in [7, 11) is 0. The first-order valence-electron chi connectivity index (χ1n) is 7.60. The molecule has 0 aliphatic carbocycles. The lowest BCUT2D eigenvalue weighted by molar-refractivity contribution is 0.647. The number of nitrogens with two attached hydrogens (primary N) is 1. The normalized spacial score (nSPS) is 11.5. The van der Waals surface area contributed by atoms with Gasteiger partial charge in [-0.25, -0.2) is 9.78 Å². The summed E-state index contributed by atoms with van der Waals surface area (Å²) < 4.78 is 2.90. The Labute approximate surface area is 132 Å². The van der Waals surface area contributed by atoms with Crippen LogP contribution in [0.25, 0.3) is 22.6 Å². The monoisotopic (exact) mass is 313 g/mol. The number of hydrogen-bond acceptors (Lipinski definition) is 5. The highest BCUT2D eigenvalue weighted by Crippen LogP contribution is 2.23. The van der Waals surface area contributed by atoms with Crippen LogP contribution in [0.1, 0.15) is 18.1 Å². The Bertz CT molecular complexity index is 986. The molecule has 2 aliphatic heterocycles. The Balaban J connectivity index is 2.55. The zero-order valence-electron chi connectivity index (χ0n) is 13.5. The largest absolute Gasteiger partial charge is 0.352 e. The van der Waals surface area contributed by atoms with Gasteiger partial charge < -0.3 is 10.3 Å². The van der Waals surface area contributed by atoms with Gasteiger partial charge in [0.1, 0.15) is 0 Å². The fourth-order valence-electron chi connectivity index (χ4n) is 2.76. The third kappa shape index (κ3) is 2.33. The molecule has 3 rings (SSSR count). The van der Waals surface area contributed by atoms with Crippen LogP contribution in [-0.2, 0) is 13.1 Å². The van der Waals surface area contributed by atoms with Gasteiger partial charge in [0, 0.05) is 19.6 Å². The summed E-state index contributed by atoms with van der Waals surface area (Å²) >= 11 is 0. The van der Waals surface area contributed by atoms with Crippen molar-refractivity contribution in [2.45, 2.75) is 33.9 Å². The molecule has 0 saturated heterocycles. The van der Waals surface area contributed by atoms with Crippen LogP contribution in [0.15, 0.2) is 21.7 Å². The topological polar surface area (TPSA) is 95.8 Å². The van der Waals surface area contributed by atoms with E-state index in [-0.39, 0.29) is 12.2 Å². The molecule has 0 spiro atoms. The first-order chi connectivity index (χ1) is 11.0. The van der Waals surface area contributed by atoms with E-state index in [9.17, 15) is 9.59 Å². The summed E-state index contributed by atoms with van der Waals surface area (Å²) in [6.07, 6.45) is 0. The highest BCUT2D eigenvalue weighted by molar-refractivity contribution is 5.81. The van der Waals surface area contributed by atoms with Crippen molar-refractivity contribution >= 4 is 11.0 Å². The molecular weight excluding hydrogens is 294 g/mol. The van der Waals surface area contributed by atoms with Gasteiger partial charge in [0.25, 0.3) is 5.56 Å². The first kappa shape index (κ1) is 15.4. The number of aryl methyl sites for hydroxylation is 2. The minimum Gasteiger partial charge on any atom is -0.329 e. The number of benzene rings is 1. The fourth-order valence-corrected chi connectivity index (χ4v) is 2.76. The van der Waals surface area contributed by atoms with Gasteiger partial charge in [-0.2, -0.15) is 4.98 Å². The second-order valence-electron chi connectivity index (χ2n) is 5.59. The van der Waals surface area contributed by atoms with Crippen molar-refractivity contribution in [3.05, 3.63) is 44.1 Å². The molecular formula is C16H19N5O2. The van der Waals surface area contributed by atoms with Gasteiger partial charge in [0.15, 0.2) is 11.5 Å². The van der Waals surface area contributed by atoms with Gasteiger partial charge in [-0.15, -0.1) is 0 Å². The van der Waals surface area contributed by atoms with E-state index in [0.29, 0.717) is 24.4 Å². The van der Waals surface area contributed by atoms with Crippen LogP contribution >= 0.6 is 0 Å². The lowest BCUT2D eigenvalue weighted by atomic mass is 10.1. The van der Waals surface area contributed by atoms with E-state index in [2.05, 4.69) is 9.97 Å². The van der Waals surface area contributed by atoms with Crippen LogP contribution in [-0.4, -0.2) is 25.6 Å². The van der Waals surface area contributed by atoms with Crippen molar-refractivity contribution in [1.29, 1.82) is 0 Å². The van der Waals surface area contributed by atoms with E-state index in [4.69, 9.17) is 5.73 Å². The molecule has 2 heterocycles. The summed E-state index contributed by atoms with van der Waals surface area (Å²) in [6, 6.07) is 3.93. The number of aromatic nitrogens is 4. The minimum absolute atomic E-state index is 0.204. The summed E-state index contributed by atoms with van der Waals surface area (Å²) in [4.78, 5) is 33.2. The molecule has 2 aliphatic rings. The summed E-state index contributed by atoms with van der Waals surface area (Å²) in [5, 5.41) is 0. The Kier molecular flexibility index (Phi) is 3.73. The van der Waals surface area contributed by atoms with Crippen LogP contribution in [0.4, 0.5) is 0 Å². The maximum Gasteiger partial charge on any atom is 0.352 e. The molecule has 120 valence electrons. The smallest absolute Gasteiger partial charge is 0.329 e. The Morgan fingerprint density at radius 3 is 2.43 bits per heavy atom. The number of fused-ring (bicyclic) bond motifs is 2. The third-order valence-corrected chi connectivity index (χ3v) is 4.13. The SMILES string of the molecule is CCn1c(=O)nc2n(CCN)c3cc(C)c(C)cc3nc-2c1=O. The minimum atomic E-state index is -0.555. The van der Waals surface area contributed by atoms with Gasteiger partial charge in [0.05, 0.1) is 11.0 Å². The van der Waals surface area contributed by atoms with Crippen LogP contribution in [0.3, 0.4) is 0 Å². The molecule has 23 heavy (non-hydrogen) atoms. The van der Waals surface area contributed by atoms with Crippen molar-refractivity contribution in [2.24, 2.45) is 5.73 Å². The van der Waals surface area contributed by atoms with Gasteiger partial charge in [-0.3, -0.25) is 9.36 Å². The van der Waals surface area contributed by atoms with E-state index < -0.39 is 11.2 Å². The summed E-state index contributed by atoms with van der Waals surface area (Å²) in [5.74, 6) is 0.297. The highest BCUT2D eigenvalue weighted by atomic mass is 16.2. The average Bonchev–Trinajstić information content (AvgIpc) is 2.51. The zero-order valence-corrected chi connectivity index (χ0v) is 13.5. The Hall–Kier alpha value is -2.54. The fraction of sp³-hybridized carbons (Fsp3) is 0.375. The molecule has 0 saturated carbocycles. The number of hydrogen-bond donors (Lipinski definition) is 1. The van der Waals surface area contributed by atoms with Gasteiger partial charge in [0.2, 0.25) is 0 Å². The second-order valence-corrected chi connectivity index (χ2v) is 5.59. The third-order valence-electron chi connectivity index (χ3n) is 4.13. The first-order valence-corrected chi connectivity index (χ1v) is 7.60. The van der Waals surface area contributed by atoms with E-state index in [1.807, 2.05) is 30.5 Å². The zero-order chi connectivity index (χ0) is 16.7. The maximum atomic E-state index is 12.5. The molecule has 7 nitrogen and oxygen atoms in total. The molecule has 0 bridgehead atoms. The molecule has 0 fully saturated rings. The van der Waals surface area contributed by atoms with Gasteiger partial charge >= 0.3 is 5.69 Å². The van der Waals surface area contributed by atoms with E-state index in [0.717, 1.165) is 21.2 Å². The van der Waals surface area contributed by atoms with E-state index >= 15 is 0 Å². The lowest BCUT2D eigenvalue weighted by Gasteiger charge is -2.18. The molecule has 1 aromatic rings. The number of nitrogens with zero attached hydrogens (tertiary/aromatic N) is 4. The van der Waals surface area contributed by atoms with Crippen LogP contribution in [0, 0.1) is 13.8 Å². The Morgan fingerprint density at radius 2 is 1.78 bits per heavy atom. The standard InChI is InChI=1S/C16H19N5O2/c1-4-20-15(22)13-14(19-16(20)23)21(6-5-17)12-8-10(3)9(2)7-11(12)18-13/h7-8H,4-6,17H2,1-3H3. The molecule has 0 unspecified atom stereocenters. The molecule has 1 aromatic carbocycles. The van der Waals surface area contributed by atoms with Crippen molar-refractivity contribution < 1.29 is 0 Å². The molecule has 7 heteroatoms. The van der Waals surface area contributed by atoms with Crippen LogP contribution < -0.4 is 17.0 Å². The predicted molar refractivity (Wildman–Crippen MR) is 88.9 cm³/mol. The van der Waals surface area contributed by atoms with E-state index in [1.54, 1.807) is 6.92 Å². The quantitative estimate of drug-likeness (QED) is 0.716. The van der Waals surface area contributed by atoms with Crippen molar-refractivity contribution in [3.8, 4) is 11.5 Å². The Morgan fingerprint density at radius 1 is 1.09 bits per heavy atom. The van der Waals surface area contributed by atoms with Crippen molar-refractivity contribution in [1.82, 2.24) is 19.1 Å². The van der Waals surface area contributed by atoms with Crippen LogP contribution in [0.5, 0.6) is 0 Å². The molecule has 0 aromatic heterocycles. The number of rotatable bonds is 3. The predicted octanol–water partition coefficient (Wildman–Crippen LogP) is 0.653. The maximum absolute atomic E-state index is 12.5. The lowest BCUT2D eigenvalue weighted by Crippen LogP contribution is -2.38. The van der Waals surface area contributed by atoms with E-state index in [1.165, 1.54) is 0 Å². The molecule has 0 radical (unpaired) electrons. The van der Waals surface area contributed by atoms with Crippen molar-refractivity contribution in [2.75, 3.05) is 6.54 Å². The molecule has 0 atom stereocenters. The van der Waals surface area contributed by atoms with Gasteiger partial charge in [-0.05, 0) is 44.0 Å². The molecule has 2 N–H and O–H groups in total. The van der Waals surface area contributed by atoms with Crippen molar-refractivity contribution in [3.63, 3.8) is 0 Å². The summed E-state index contributed by atoms with van der Waals surface area (Å²) in [5.41, 5.74) is 8.68. The molecule has 0 amide bonds. The van der Waals surface area contributed by atoms with Gasteiger partial charge in [-0.1, -0.05) is 0 Å².